The summed E-state index contributed by atoms with van der Waals surface area (Å²) in [5, 5.41) is 28.4. The zero-order chi connectivity index (χ0) is 14.0. The van der Waals surface area contributed by atoms with E-state index in [1.165, 1.54) is 12.3 Å². The van der Waals surface area contributed by atoms with Crippen LogP contribution in [0, 0.1) is 0 Å². The lowest BCUT2D eigenvalue weighted by Gasteiger charge is -2.17. The van der Waals surface area contributed by atoms with Crippen molar-refractivity contribution in [2.45, 2.75) is 31.5 Å². The van der Waals surface area contributed by atoms with Crippen LogP contribution >= 0.6 is 0 Å². The number of ether oxygens (including phenoxy) is 2. The van der Waals surface area contributed by atoms with Gasteiger partial charge in [0.1, 0.15) is 18.3 Å². The fourth-order valence-electron chi connectivity index (χ4n) is 1.93. The summed E-state index contributed by atoms with van der Waals surface area (Å²) >= 11 is 0. The Balaban J connectivity index is 2.25. The van der Waals surface area contributed by atoms with Crippen LogP contribution in [0.25, 0.3) is 0 Å². The molecule has 1 aromatic rings. The number of aliphatic hydroxyl groups is 3. The van der Waals surface area contributed by atoms with Gasteiger partial charge in [-0.2, -0.15) is 4.98 Å². The molecule has 8 nitrogen and oxygen atoms in total. The smallest absolute Gasteiger partial charge is 0.353 e. The van der Waals surface area contributed by atoms with E-state index in [0.29, 0.717) is 6.61 Å². The van der Waals surface area contributed by atoms with Gasteiger partial charge in [0.2, 0.25) is 5.88 Å². The molecule has 1 fully saturated rings. The summed E-state index contributed by atoms with van der Waals surface area (Å²) in [6.07, 6.45) is -3.22. The summed E-state index contributed by atoms with van der Waals surface area (Å²) in [5.74, 6) is 0.176. The fraction of sp³-hybridized carbons (Fsp3) is 0.636. The molecule has 1 saturated heterocycles. The molecule has 0 spiro atoms. The highest BCUT2D eigenvalue weighted by atomic mass is 16.6. The molecule has 0 radical (unpaired) electrons. The van der Waals surface area contributed by atoms with Crippen molar-refractivity contribution in [3.8, 4) is 5.88 Å². The van der Waals surface area contributed by atoms with Crippen LogP contribution in [0.1, 0.15) is 13.2 Å². The normalized spacial score (nSPS) is 30.5. The molecule has 2 heterocycles. The van der Waals surface area contributed by atoms with Crippen LogP contribution in [0.4, 0.5) is 0 Å². The number of nitrogens with zero attached hydrogens (tertiary/aromatic N) is 2. The van der Waals surface area contributed by atoms with Crippen LogP contribution in [0.5, 0.6) is 5.88 Å². The Labute approximate surface area is 108 Å². The van der Waals surface area contributed by atoms with Crippen LogP contribution in [0.2, 0.25) is 0 Å². The Hall–Kier alpha value is -1.48. The first-order valence-electron chi connectivity index (χ1n) is 5.93. The van der Waals surface area contributed by atoms with Crippen LogP contribution < -0.4 is 10.4 Å². The first-order valence-corrected chi connectivity index (χ1v) is 5.93. The lowest BCUT2D eigenvalue weighted by atomic mass is 10.1. The molecule has 0 unspecified atom stereocenters. The molecular weight excluding hydrogens is 256 g/mol. The van der Waals surface area contributed by atoms with E-state index in [1.807, 2.05) is 0 Å². The average molecular weight is 272 g/mol. The standard InChI is InChI=1S/C11H16N2O6/c1-2-18-7-3-4-13(11(17)12-7)10-9(16)8(15)6(5-14)19-10/h3-4,6,8-10,14-16H,2,5H2,1H3/t6-,8-,9-,10-/m1/s1. The van der Waals surface area contributed by atoms with E-state index in [9.17, 15) is 15.0 Å². The Kier molecular flexibility index (Phi) is 4.15. The van der Waals surface area contributed by atoms with Crippen LogP contribution in [0.3, 0.4) is 0 Å². The van der Waals surface area contributed by atoms with E-state index >= 15 is 0 Å². The highest BCUT2D eigenvalue weighted by Crippen LogP contribution is 2.28. The molecule has 0 bridgehead atoms. The number of aromatic nitrogens is 2. The monoisotopic (exact) mass is 272 g/mol. The Bertz CT molecular complexity index is 490. The maximum absolute atomic E-state index is 11.8. The minimum Gasteiger partial charge on any atom is -0.478 e. The van der Waals surface area contributed by atoms with E-state index in [0.717, 1.165) is 4.57 Å². The SMILES string of the molecule is CCOc1ccn([C@@H]2O[C@H](CO)[C@@H](O)[C@H]2O)c(=O)n1. The zero-order valence-corrected chi connectivity index (χ0v) is 10.3. The quantitative estimate of drug-likeness (QED) is 0.595. The van der Waals surface area contributed by atoms with Crippen molar-refractivity contribution < 1.29 is 24.8 Å². The largest absolute Gasteiger partial charge is 0.478 e. The summed E-state index contributed by atoms with van der Waals surface area (Å²) in [5.41, 5.74) is -0.666. The summed E-state index contributed by atoms with van der Waals surface area (Å²) in [4.78, 5) is 15.5. The minimum absolute atomic E-state index is 0.176. The predicted molar refractivity (Wildman–Crippen MR) is 62.7 cm³/mol. The third-order valence-electron chi connectivity index (χ3n) is 2.89. The van der Waals surface area contributed by atoms with E-state index in [1.54, 1.807) is 6.92 Å². The van der Waals surface area contributed by atoms with E-state index in [2.05, 4.69) is 4.98 Å². The van der Waals surface area contributed by atoms with Gasteiger partial charge >= 0.3 is 5.69 Å². The molecule has 19 heavy (non-hydrogen) atoms. The predicted octanol–water partition coefficient (Wildman–Crippen LogP) is -1.75. The molecule has 1 aromatic heterocycles. The van der Waals surface area contributed by atoms with Crippen molar-refractivity contribution in [2.24, 2.45) is 0 Å². The lowest BCUT2D eigenvalue weighted by molar-refractivity contribution is -0.0551. The second-order valence-electron chi connectivity index (χ2n) is 4.12. The Morgan fingerprint density at radius 1 is 1.47 bits per heavy atom. The molecule has 106 valence electrons. The van der Waals surface area contributed by atoms with Crippen LogP contribution in [0.15, 0.2) is 17.1 Å². The van der Waals surface area contributed by atoms with Gasteiger partial charge in [0.15, 0.2) is 6.23 Å². The van der Waals surface area contributed by atoms with Crippen molar-refractivity contribution in [1.29, 1.82) is 0 Å². The Morgan fingerprint density at radius 3 is 2.74 bits per heavy atom. The van der Waals surface area contributed by atoms with Crippen molar-refractivity contribution in [3.63, 3.8) is 0 Å². The molecule has 3 N–H and O–H groups in total. The maximum Gasteiger partial charge on any atom is 0.353 e. The van der Waals surface area contributed by atoms with Gasteiger partial charge in [0.05, 0.1) is 13.2 Å². The van der Waals surface area contributed by atoms with Crippen molar-refractivity contribution >= 4 is 0 Å². The molecule has 4 atom stereocenters. The molecule has 0 amide bonds. The van der Waals surface area contributed by atoms with E-state index < -0.39 is 36.8 Å². The third kappa shape index (κ3) is 2.61. The average Bonchev–Trinajstić information content (AvgIpc) is 2.67. The van der Waals surface area contributed by atoms with E-state index in [4.69, 9.17) is 14.6 Å². The number of hydrogen-bond donors (Lipinski definition) is 3. The van der Waals surface area contributed by atoms with E-state index in [-0.39, 0.29) is 5.88 Å². The second-order valence-corrected chi connectivity index (χ2v) is 4.12. The summed E-state index contributed by atoms with van der Waals surface area (Å²) in [6.45, 7) is 1.69. The van der Waals surface area contributed by atoms with Gasteiger partial charge in [-0.25, -0.2) is 4.79 Å². The second kappa shape index (κ2) is 5.66. The molecule has 2 rings (SSSR count). The molecule has 1 aliphatic rings. The Morgan fingerprint density at radius 2 is 2.21 bits per heavy atom. The van der Waals surface area contributed by atoms with Gasteiger partial charge in [0.25, 0.3) is 0 Å². The molecule has 1 aliphatic heterocycles. The summed E-state index contributed by atoms with van der Waals surface area (Å²) in [6, 6.07) is 1.46. The van der Waals surface area contributed by atoms with Crippen molar-refractivity contribution in [1.82, 2.24) is 9.55 Å². The highest BCUT2D eigenvalue weighted by Gasteiger charge is 2.43. The van der Waals surface area contributed by atoms with Gasteiger partial charge in [-0.3, -0.25) is 4.57 Å². The minimum atomic E-state index is -1.31. The fourth-order valence-corrected chi connectivity index (χ4v) is 1.93. The zero-order valence-electron chi connectivity index (χ0n) is 10.3. The molecule has 8 heteroatoms. The summed E-state index contributed by atoms with van der Waals surface area (Å²) in [7, 11) is 0. The number of hydrogen-bond acceptors (Lipinski definition) is 7. The highest BCUT2D eigenvalue weighted by molar-refractivity contribution is 5.06. The first kappa shape index (κ1) is 13.9. The molecule has 0 saturated carbocycles. The van der Waals surface area contributed by atoms with Crippen molar-refractivity contribution in [2.75, 3.05) is 13.2 Å². The van der Waals surface area contributed by atoms with Gasteiger partial charge in [-0.05, 0) is 6.92 Å². The van der Waals surface area contributed by atoms with Crippen LogP contribution in [-0.2, 0) is 4.74 Å². The van der Waals surface area contributed by atoms with Gasteiger partial charge < -0.3 is 24.8 Å². The van der Waals surface area contributed by atoms with Crippen LogP contribution in [-0.4, -0.2) is 56.4 Å². The van der Waals surface area contributed by atoms with Gasteiger partial charge in [0, 0.05) is 12.3 Å². The van der Waals surface area contributed by atoms with Crippen molar-refractivity contribution in [3.05, 3.63) is 22.7 Å². The van der Waals surface area contributed by atoms with Gasteiger partial charge in [-0.15, -0.1) is 0 Å². The maximum atomic E-state index is 11.8. The molecule has 0 aromatic carbocycles. The molecule has 0 aliphatic carbocycles. The first-order chi connectivity index (χ1) is 9.08. The number of rotatable bonds is 4. The third-order valence-corrected chi connectivity index (χ3v) is 2.89. The molecular formula is C11H16N2O6. The lowest BCUT2D eigenvalue weighted by Crippen LogP contribution is -2.35. The summed E-state index contributed by atoms with van der Waals surface area (Å²) < 4.78 is 11.4. The number of aliphatic hydroxyl groups excluding tert-OH is 3. The topological polar surface area (TPSA) is 114 Å². The van der Waals surface area contributed by atoms with Gasteiger partial charge in [-0.1, -0.05) is 0 Å².